The molecule has 190 valence electrons. The first-order valence-corrected chi connectivity index (χ1v) is 12.3. The zero-order valence-corrected chi connectivity index (χ0v) is 20.0. The number of aliphatic hydroxyl groups excluding tert-OH is 4. The largest absolute Gasteiger partial charge is 0.456 e. The fraction of sp³-hybridized carbons (Fsp3) is 0.917. The average Bonchev–Trinajstić information content (AvgIpc) is 2.80. The smallest absolute Gasteiger partial charge is 0.306 e. The normalized spacial score (nSPS) is 16.2. The Hall–Kier alpha value is -1.06. The van der Waals surface area contributed by atoms with Crippen LogP contribution in [-0.4, -0.2) is 74.4 Å². The van der Waals surface area contributed by atoms with Crippen LogP contribution in [-0.2, 0) is 14.3 Å². The fourth-order valence-corrected chi connectivity index (χ4v) is 3.63. The van der Waals surface area contributed by atoms with Crippen molar-refractivity contribution >= 4 is 11.8 Å². The molecule has 0 fully saturated rings. The highest BCUT2D eigenvalue weighted by Crippen LogP contribution is 2.24. The SMILES string of the molecule is CCCCCCCCC(=O)O[C@@H]([C@H](O)[C@H](O)CO)[C@@](O)(CO)C(=O)CCCCCCCC. The Kier molecular flexibility index (Phi) is 17.8. The lowest BCUT2D eigenvalue weighted by Gasteiger charge is -2.37. The molecule has 0 aromatic carbocycles. The number of rotatable bonds is 21. The predicted molar refractivity (Wildman–Crippen MR) is 122 cm³/mol. The number of carbonyl (C=O) groups is 2. The van der Waals surface area contributed by atoms with Gasteiger partial charge in [-0.15, -0.1) is 0 Å². The van der Waals surface area contributed by atoms with Crippen LogP contribution in [0, 0.1) is 0 Å². The molecule has 8 heteroatoms. The molecule has 8 nitrogen and oxygen atoms in total. The first kappa shape index (κ1) is 30.9. The fourth-order valence-electron chi connectivity index (χ4n) is 3.63. The monoisotopic (exact) mass is 462 g/mol. The maximum absolute atomic E-state index is 12.7. The first-order valence-electron chi connectivity index (χ1n) is 12.3. The van der Waals surface area contributed by atoms with Crippen molar-refractivity contribution in [2.24, 2.45) is 0 Å². The van der Waals surface area contributed by atoms with Gasteiger partial charge < -0.3 is 30.3 Å². The van der Waals surface area contributed by atoms with Crippen LogP contribution in [0.25, 0.3) is 0 Å². The second-order valence-corrected chi connectivity index (χ2v) is 8.69. The van der Waals surface area contributed by atoms with E-state index in [0.29, 0.717) is 12.8 Å². The molecule has 5 N–H and O–H groups in total. The van der Waals surface area contributed by atoms with Crippen LogP contribution in [0.3, 0.4) is 0 Å². The highest BCUT2D eigenvalue weighted by atomic mass is 16.6. The molecule has 0 bridgehead atoms. The van der Waals surface area contributed by atoms with Crippen molar-refractivity contribution in [2.75, 3.05) is 13.2 Å². The number of carbonyl (C=O) groups excluding carboxylic acids is 2. The van der Waals surface area contributed by atoms with Crippen LogP contribution in [0.1, 0.15) is 104 Å². The summed E-state index contributed by atoms with van der Waals surface area (Å²) >= 11 is 0. The van der Waals surface area contributed by atoms with Crippen LogP contribution >= 0.6 is 0 Å². The number of ketones is 1. The molecule has 0 aliphatic rings. The van der Waals surface area contributed by atoms with E-state index in [1.54, 1.807) is 0 Å². The van der Waals surface area contributed by atoms with Gasteiger partial charge in [0.05, 0.1) is 13.2 Å². The minimum Gasteiger partial charge on any atom is -0.456 e. The van der Waals surface area contributed by atoms with Gasteiger partial charge in [0, 0.05) is 12.8 Å². The van der Waals surface area contributed by atoms with E-state index in [-0.39, 0.29) is 12.8 Å². The number of aliphatic hydroxyl groups is 5. The van der Waals surface area contributed by atoms with Crippen LogP contribution in [0.2, 0.25) is 0 Å². The van der Waals surface area contributed by atoms with Crippen molar-refractivity contribution in [1.29, 1.82) is 0 Å². The van der Waals surface area contributed by atoms with Gasteiger partial charge in [-0.25, -0.2) is 0 Å². The Morgan fingerprint density at radius 1 is 0.781 bits per heavy atom. The molecule has 0 radical (unpaired) electrons. The van der Waals surface area contributed by atoms with E-state index < -0.39 is 48.9 Å². The number of ether oxygens (including phenoxy) is 1. The molecule has 0 unspecified atom stereocenters. The van der Waals surface area contributed by atoms with E-state index in [0.717, 1.165) is 64.2 Å². The Bertz CT molecular complexity index is 498. The predicted octanol–water partition coefficient (Wildman–Crippen LogP) is 2.41. The molecule has 0 rings (SSSR count). The summed E-state index contributed by atoms with van der Waals surface area (Å²) in [5.41, 5.74) is -2.56. The standard InChI is InChI=1S/C24H46O8/c1-3-5-7-9-11-13-15-20(28)24(31,18-26)23(22(30)19(27)17-25)32-21(29)16-14-12-10-8-6-4-2/h19,22-23,25-27,30-31H,3-18H2,1-2H3/t19-,22-,23+,24-/m1/s1. The van der Waals surface area contributed by atoms with Crippen molar-refractivity contribution in [3.8, 4) is 0 Å². The third-order valence-corrected chi connectivity index (χ3v) is 5.84. The van der Waals surface area contributed by atoms with Crippen molar-refractivity contribution in [1.82, 2.24) is 0 Å². The number of hydrogen-bond donors (Lipinski definition) is 5. The quantitative estimate of drug-likeness (QED) is 0.129. The Labute approximate surface area is 193 Å². The van der Waals surface area contributed by atoms with Gasteiger partial charge in [0.1, 0.15) is 12.2 Å². The van der Waals surface area contributed by atoms with Crippen LogP contribution in [0.15, 0.2) is 0 Å². The van der Waals surface area contributed by atoms with E-state index in [9.17, 15) is 35.1 Å². The van der Waals surface area contributed by atoms with E-state index in [1.807, 2.05) is 0 Å². The summed E-state index contributed by atoms with van der Waals surface area (Å²) in [6.07, 6.45) is 5.54. The van der Waals surface area contributed by atoms with Crippen molar-refractivity contribution in [3.63, 3.8) is 0 Å². The van der Waals surface area contributed by atoms with Gasteiger partial charge >= 0.3 is 5.97 Å². The summed E-state index contributed by atoms with van der Waals surface area (Å²) in [6.45, 7) is 2.27. The average molecular weight is 463 g/mol. The molecule has 0 aliphatic carbocycles. The zero-order chi connectivity index (χ0) is 24.4. The Morgan fingerprint density at radius 2 is 1.25 bits per heavy atom. The molecule has 0 aliphatic heterocycles. The molecule has 4 atom stereocenters. The van der Waals surface area contributed by atoms with Crippen molar-refractivity contribution in [2.45, 2.75) is 128 Å². The Balaban J connectivity index is 5.04. The second kappa shape index (κ2) is 18.4. The summed E-state index contributed by atoms with van der Waals surface area (Å²) in [7, 11) is 0. The van der Waals surface area contributed by atoms with Crippen LogP contribution in [0.4, 0.5) is 0 Å². The van der Waals surface area contributed by atoms with Gasteiger partial charge in [-0.05, 0) is 12.8 Å². The molecular formula is C24H46O8. The van der Waals surface area contributed by atoms with Gasteiger partial charge in [-0.3, -0.25) is 9.59 Å². The summed E-state index contributed by atoms with van der Waals surface area (Å²) in [6, 6.07) is 0. The van der Waals surface area contributed by atoms with Crippen LogP contribution in [0.5, 0.6) is 0 Å². The minimum absolute atomic E-state index is 0.0255. The van der Waals surface area contributed by atoms with Gasteiger partial charge in [0.25, 0.3) is 0 Å². The number of unbranched alkanes of at least 4 members (excludes halogenated alkanes) is 10. The maximum Gasteiger partial charge on any atom is 0.306 e. The minimum atomic E-state index is -2.56. The first-order chi connectivity index (χ1) is 15.3. The lowest BCUT2D eigenvalue weighted by Crippen LogP contribution is -2.61. The second-order valence-electron chi connectivity index (χ2n) is 8.69. The third kappa shape index (κ3) is 11.7. The molecule has 0 heterocycles. The Morgan fingerprint density at radius 3 is 1.72 bits per heavy atom. The van der Waals surface area contributed by atoms with Gasteiger partial charge in [0.15, 0.2) is 17.5 Å². The molecule has 0 amide bonds. The summed E-state index contributed by atoms with van der Waals surface area (Å²) < 4.78 is 5.21. The molecule has 0 aromatic heterocycles. The highest BCUT2D eigenvalue weighted by Gasteiger charge is 2.50. The maximum atomic E-state index is 12.7. The van der Waals surface area contributed by atoms with Crippen molar-refractivity contribution in [3.05, 3.63) is 0 Å². The van der Waals surface area contributed by atoms with E-state index in [1.165, 1.54) is 0 Å². The lowest BCUT2D eigenvalue weighted by atomic mass is 9.84. The zero-order valence-electron chi connectivity index (χ0n) is 20.0. The van der Waals surface area contributed by atoms with Crippen LogP contribution < -0.4 is 0 Å². The summed E-state index contributed by atoms with van der Waals surface area (Å²) in [5, 5.41) is 50.1. The van der Waals surface area contributed by atoms with Gasteiger partial charge in [-0.1, -0.05) is 78.1 Å². The molecule has 32 heavy (non-hydrogen) atoms. The number of Topliss-reactive ketones (excluding diaryl/α,β-unsaturated/α-hetero) is 1. The van der Waals surface area contributed by atoms with E-state index >= 15 is 0 Å². The summed E-state index contributed by atoms with van der Waals surface area (Å²) in [5.74, 6) is -1.51. The number of hydrogen-bond acceptors (Lipinski definition) is 8. The lowest BCUT2D eigenvalue weighted by molar-refractivity contribution is -0.202. The molecule has 0 saturated heterocycles. The van der Waals surface area contributed by atoms with Gasteiger partial charge in [-0.2, -0.15) is 0 Å². The number of esters is 1. The molecule has 0 aromatic rings. The topological polar surface area (TPSA) is 145 Å². The highest BCUT2D eigenvalue weighted by molar-refractivity contribution is 5.88. The molecular weight excluding hydrogens is 416 g/mol. The van der Waals surface area contributed by atoms with Gasteiger partial charge in [0.2, 0.25) is 0 Å². The third-order valence-electron chi connectivity index (χ3n) is 5.84. The molecule has 0 saturated carbocycles. The summed E-state index contributed by atoms with van der Waals surface area (Å²) in [4.78, 5) is 25.0. The van der Waals surface area contributed by atoms with Crippen molar-refractivity contribution < 1.29 is 39.9 Å². The van der Waals surface area contributed by atoms with E-state index in [4.69, 9.17) is 4.74 Å². The molecule has 0 spiro atoms. The van der Waals surface area contributed by atoms with E-state index in [2.05, 4.69) is 13.8 Å².